The maximum absolute atomic E-state index is 5.58. The maximum atomic E-state index is 5.58. The number of hydrogen-bond donors (Lipinski definition) is 1. The zero-order chi connectivity index (χ0) is 9.38. The van der Waals surface area contributed by atoms with E-state index in [-0.39, 0.29) is 0 Å². The number of hydrogen-bond acceptors (Lipinski definition) is 2. The molecule has 1 fully saturated rings. The van der Waals surface area contributed by atoms with Gasteiger partial charge in [-0.2, -0.15) is 4.98 Å². The Morgan fingerprint density at radius 2 is 2.29 bits per heavy atom. The van der Waals surface area contributed by atoms with Crippen molar-refractivity contribution in [1.82, 2.24) is 9.97 Å². The largest absolute Gasteiger partial charge is 0.477 e. The zero-order valence-electron chi connectivity index (χ0n) is 7.86. The first-order chi connectivity index (χ1) is 6.92. The van der Waals surface area contributed by atoms with Crippen LogP contribution >= 0.6 is 0 Å². The van der Waals surface area contributed by atoms with Crippen molar-refractivity contribution in [1.29, 1.82) is 0 Å². The minimum absolute atomic E-state index is 0.729. The number of nitrogens with one attached hydrogen (secondary N) is 1. The molecule has 1 saturated carbocycles. The highest BCUT2D eigenvalue weighted by molar-refractivity contribution is 5.75. The molecular weight excluding hydrogens is 176 g/mol. The molecule has 0 atom stereocenters. The molecule has 1 aliphatic rings. The summed E-state index contributed by atoms with van der Waals surface area (Å²) in [4.78, 5) is 7.43. The SMILES string of the molecule is c1cc2ccc(OCC3CC3)nc2[nH]1. The summed E-state index contributed by atoms with van der Waals surface area (Å²) in [5.41, 5.74) is 0.901. The first-order valence-electron chi connectivity index (χ1n) is 4.99. The van der Waals surface area contributed by atoms with Crippen LogP contribution in [-0.2, 0) is 0 Å². The Hall–Kier alpha value is -1.51. The van der Waals surface area contributed by atoms with Crippen molar-refractivity contribution < 1.29 is 4.74 Å². The van der Waals surface area contributed by atoms with Gasteiger partial charge in [-0.3, -0.25) is 0 Å². The first kappa shape index (κ1) is 7.85. The Balaban J connectivity index is 1.81. The van der Waals surface area contributed by atoms with Crippen molar-refractivity contribution >= 4 is 11.0 Å². The molecule has 0 aromatic carbocycles. The van der Waals surface area contributed by atoms with Crippen LogP contribution in [-0.4, -0.2) is 16.6 Å². The minimum Gasteiger partial charge on any atom is -0.477 e. The molecule has 0 radical (unpaired) electrons. The lowest BCUT2D eigenvalue weighted by atomic mass is 10.3. The highest BCUT2D eigenvalue weighted by Gasteiger charge is 2.22. The van der Waals surface area contributed by atoms with Crippen LogP contribution in [0.3, 0.4) is 0 Å². The van der Waals surface area contributed by atoms with Gasteiger partial charge in [0.15, 0.2) is 0 Å². The summed E-state index contributed by atoms with van der Waals surface area (Å²) in [6.07, 6.45) is 4.51. The van der Waals surface area contributed by atoms with Gasteiger partial charge < -0.3 is 9.72 Å². The van der Waals surface area contributed by atoms with Gasteiger partial charge in [0.25, 0.3) is 0 Å². The van der Waals surface area contributed by atoms with Gasteiger partial charge in [0.2, 0.25) is 5.88 Å². The van der Waals surface area contributed by atoms with Gasteiger partial charge in [0.1, 0.15) is 5.65 Å². The summed E-state index contributed by atoms with van der Waals surface area (Å²) in [6.45, 7) is 0.819. The number of ether oxygens (including phenoxy) is 1. The molecule has 3 rings (SSSR count). The van der Waals surface area contributed by atoms with E-state index in [1.165, 1.54) is 12.8 Å². The molecule has 2 aromatic rings. The molecule has 2 aromatic heterocycles. The van der Waals surface area contributed by atoms with Crippen molar-refractivity contribution in [3.8, 4) is 5.88 Å². The summed E-state index contributed by atoms with van der Waals surface area (Å²) < 4.78 is 5.58. The van der Waals surface area contributed by atoms with Gasteiger partial charge >= 0.3 is 0 Å². The Morgan fingerprint density at radius 3 is 3.14 bits per heavy atom. The van der Waals surface area contributed by atoms with E-state index in [2.05, 4.69) is 9.97 Å². The molecule has 3 heteroatoms. The fourth-order valence-corrected chi connectivity index (χ4v) is 1.48. The summed E-state index contributed by atoms with van der Waals surface area (Å²) in [7, 11) is 0. The van der Waals surface area contributed by atoms with E-state index in [0.29, 0.717) is 0 Å². The Bertz CT molecular complexity index is 445. The van der Waals surface area contributed by atoms with E-state index < -0.39 is 0 Å². The fraction of sp³-hybridized carbons (Fsp3) is 0.364. The summed E-state index contributed by atoms with van der Waals surface area (Å²) in [6, 6.07) is 5.96. The summed E-state index contributed by atoms with van der Waals surface area (Å²) in [5, 5.41) is 1.13. The van der Waals surface area contributed by atoms with E-state index in [1.807, 2.05) is 24.4 Å². The number of pyridine rings is 1. The van der Waals surface area contributed by atoms with E-state index >= 15 is 0 Å². The molecule has 0 spiro atoms. The van der Waals surface area contributed by atoms with Crippen molar-refractivity contribution in [2.75, 3.05) is 6.61 Å². The van der Waals surface area contributed by atoms with Crippen molar-refractivity contribution in [2.24, 2.45) is 5.92 Å². The summed E-state index contributed by atoms with van der Waals surface area (Å²) in [5.74, 6) is 1.50. The number of rotatable bonds is 3. The van der Waals surface area contributed by atoms with Crippen LogP contribution in [0.15, 0.2) is 24.4 Å². The average Bonchev–Trinajstić information content (AvgIpc) is 2.92. The maximum Gasteiger partial charge on any atom is 0.215 e. The number of H-pyrrole nitrogens is 1. The topological polar surface area (TPSA) is 37.9 Å². The van der Waals surface area contributed by atoms with Crippen molar-refractivity contribution in [2.45, 2.75) is 12.8 Å². The second-order valence-corrected chi connectivity index (χ2v) is 3.82. The minimum atomic E-state index is 0.729. The lowest BCUT2D eigenvalue weighted by Crippen LogP contribution is -2.00. The van der Waals surface area contributed by atoms with Gasteiger partial charge in [-0.1, -0.05) is 0 Å². The third kappa shape index (κ3) is 1.45. The zero-order valence-corrected chi connectivity index (χ0v) is 7.86. The summed E-state index contributed by atoms with van der Waals surface area (Å²) >= 11 is 0. The predicted molar refractivity (Wildman–Crippen MR) is 54.3 cm³/mol. The second-order valence-electron chi connectivity index (χ2n) is 3.82. The van der Waals surface area contributed by atoms with Crippen LogP contribution in [0.1, 0.15) is 12.8 Å². The Morgan fingerprint density at radius 1 is 1.36 bits per heavy atom. The smallest absolute Gasteiger partial charge is 0.215 e. The normalized spacial score (nSPS) is 16.0. The molecule has 0 unspecified atom stereocenters. The van der Waals surface area contributed by atoms with Gasteiger partial charge in [0.05, 0.1) is 6.61 Å². The molecule has 2 heterocycles. The molecule has 3 nitrogen and oxygen atoms in total. The number of aromatic amines is 1. The van der Waals surface area contributed by atoms with Crippen LogP contribution in [0.2, 0.25) is 0 Å². The van der Waals surface area contributed by atoms with E-state index in [1.54, 1.807) is 0 Å². The van der Waals surface area contributed by atoms with Gasteiger partial charge in [0, 0.05) is 17.6 Å². The average molecular weight is 188 g/mol. The predicted octanol–water partition coefficient (Wildman–Crippen LogP) is 2.35. The van der Waals surface area contributed by atoms with Crippen LogP contribution < -0.4 is 4.74 Å². The monoisotopic (exact) mass is 188 g/mol. The van der Waals surface area contributed by atoms with Crippen LogP contribution in [0.25, 0.3) is 11.0 Å². The highest BCUT2D eigenvalue weighted by Crippen LogP contribution is 2.29. The standard InChI is InChI=1S/C11H12N2O/c1-2-8(1)7-14-10-4-3-9-5-6-12-11(9)13-10/h3-6,8H,1-2,7H2,(H,12,13). The lowest BCUT2D eigenvalue weighted by molar-refractivity contribution is 0.289. The van der Waals surface area contributed by atoms with Gasteiger partial charge in [-0.05, 0) is 30.9 Å². The second kappa shape index (κ2) is 3.01. The van der Waals surface area contributed by atoms with Gasteiger partial charge in [-0.25, -0.2) is 0 Å². The first-order valence-corrected chi connectivity index (χ1v) is 4.99. The van der Waals surface area contributed by atoms with Crippen LogP contribution in [0.4, 0.5) is 0 Å². The van der Waals surface area contributed by atoms with Crippen LogP contribution in [0, 0.1) is 5.92 Å². The lowest BCUT2D eigenvalue weighted by Gasteiger charge is -2.02. The molecule has 0 aliphatic heterocycles. The molecule has 1 N–H and O–H groups in total. The van der Waals surface area contributed by atoms with Crippen molar-refractivity contribution in [3.05, 3.63) is 24.4 Å². The molecule has 0 amide bonds. The molecular formula is C11H12N2O. The van der Waals surface area contributed by atoms with Crippen molar-refractivity contribution in [3.63, 3.8) is 0 Å². The van der Waals surface area contributed by atoms with E-state index in [0.717, 1.165) is 29.4 Å². The third-order valence-corrected chi connectivity index (χ3v) is 2.55. The number of fused-ring (bicyclic) bond motifs is 1. The Labute approximate surface area is 82.1 Å². The number of aromatic nitrogens is 2. The highest BCUT2D eigenvalue weighted by atomic mass is 16.5. The third-order valence-electron chi connectivity index (χ3n) is 2.55. The molecule has 1 aliphatic carbocycles. The fourth-order valence-electron chi connectivity index (χ4n) is 1.48. The Kier molecular flexibility index (Phi) is 1.69. The van der Waals surface area contributed by atoms with Crippen LogP contribution in [0.5, 0.6) is 5.88 Å². The van der Waals surface area contributed by atoms with E-state index in [4.69, 9.17) is 4.74 Å². The molecule has 14 heavy (non-hydrogen) atoms. The molecule has 72 valence electrons. The molecule has 0 saturated heterocycles. The number of nitrogens with zero attached hydrogens (tertiary/aromatic N) is 1. The quantitative estimate of drug-likeness (QED) is 0.802. The molecule has 0 bridgehead atoms. The van der Waals surface area contributed by atoms with E-state index in [9.17, 15) is 0 Å². The van der Waals surface area contributed by atoms with Gasteiger partial charge in [-0.15, -0.1) is 0 Å².